The lowest BCUT2D eigenvalue weighted by atomic mass is 10.1. The normalized spacial score (nSPS) is 15.1. The highest BCUT2D eigenvalue weighted by Gasteiger charge is 2.14. The summed E-state index contributed by atoms with van der Waals surface area (Å²) < 4.78 is 0. The number of rotatable bonds is 6. The van der Waals surface area contributed by atoms with Crippen LogP contribution >= 0.6 is 11.6 Å². The molecule has 78 valence electrons. The van der Waals surface area contributed by atoms with Gasteiger partial charge in [-0.3, -0.25) is 4.79 Å². The Labute approximate surface area is 84.5 Å². The second kappa shape index (κ2) is 7.15. The molecular formula is C9H18ClNO2. The molecule has 2 unspecified atom stereocenters. The number of carbonyl (C=O) groups excluding carboxylic acids is 1. The fraction of sp³-hybridized carbons (Fsp3) is 0.889. The number of carbonyl (C=O) groups is 1. The topological polar surface area (TPSA) is 49.3 Å². The number of nitrogens with one attached hydrogen (secondary N) is 1. The highest BCUT2D eigenvalue weighted by Crippen LogP contribution is 2.02. The van der Waals surface area contributed by atoms with E-state index in [1.54, 1.807) is 6.92 Å². The van der Waals surface area contributed by atoms with Crippen LogP contribution < -0.4 is 5.32 Å². The summed E-state index contributed by atoms with van der Waals surface area (Å²) in [6.45, 7) is 3.87. The zero-order valence-corrected chi connectivity index (χ0v) is 8.97. The lowest BCUT2D eigenvalue weighted by Gasteiger charge is -2.17. The minimum Gasteiger partial charge on any atom is -0.396 e. The Balaban J connectivity index is 3.85. The quantitative estimate of drug-likeness (QED) is 0.642. The van der Waals surface area contributed by atoms with E-state index in [0.717, 1.165) is 6.42 Å². The maximum atomic E-state index is 11.3. The SMILES string of the molecule is CCC(CCO)NC(=O)C(C)CCl. The number of hydrogen-bond acceptors (Lipinski definition) is 2. The standard InChI is InChI=1S/C9H18ClNO2/c1-3-8(4-5-12)11-9(13)7(2)6-10/h7-8,12H,3-6H2,1-2H3,(H,11,13). The first kappa shape index (κ1) is 12.7. The van der Waals surface area contributed by atoms with Crippen LogP contribution in [-0.4, -0.2) is 29.5 Å². The van der Waals surface area contributed by atoms with Crippen LogP contribution in [0.15, 0.2) is 0 Å². The molecule has 0 bridgehead atoms. The monoisotopic (exact) mass is 207 g/mol. The van der Waals surface area contributed by atoms with Crippen molar-refractivity contribution in [1.29, 1.82) is 0 Å². The number of aliphatic hydroxyl groups is 1. The largest absolute Gasteiger partial charge is 0.396 e. The van der Waals surface area contributed by atoms with Crippen molar-refractivity contribution in [3.05, 3.63) is 0 Å². The lowest BCUT2D eigenvalue weighted by molar-refractivity contribution is -0.124. The Kier molecular flexibility index (Phi) is 7.00. The third-order valence-electron chi connectivity index (χ3n) is 2.00. The Hall–Kier alpha value is -0.280. The summed E-state index contributed by atoms with van der Waals surface area (Å²) in [4.78, 5) is 11.3. The van der Waals surface area contributed by atoms with Crippen LogP contribution in [0.2, 0.25) is 0 Å². The first-order valence-corrected chi connectivity index (χ1v) is 5.16. The van der Waals surface area contributed by atoms with E-state index < -0.39 is 0 Å². The van der Waals surface area contributed by atoms with Gasteiger partial charge in [0, 0.05) is 24.4 Å². The molecule has 4 heteroatoms. The molecule has 13 heavy (non-hydrogen) atoms. The Morgan fingerprint density at radius 3 is 2.62 bits per heavy atom. The molecule has 0 aromatic heterocycles. The van der Waals surface area contributed by atoms with Crippen molar-refractivity contribution in [3.63, 3.8) is 0 Å². The van der Waals surface area contributed by atoms with E-state index in [0.29, 0.717) is 12.3 Å². The van der Waals surface area contributed by atoms with Gasteiger partial charge in [0.15, 0.2) is 0 Å². The first-order chi connectivity index (χ1) is 6.15. The summed E-state index contributed by atoms with van der Waals surface area (Å²) in [5, 5.41) is 11.5. The zero-order valence-electron chi connectivity index (χ0n) is 8.22. The molecule has 2 N–H and O–H groups in total. The number of aliphatic hydroxyl groups excluding tert-OH is 1. The van der Waals surface area contributed by atoms with E-state index in [-0.39, 0.29) is 24.5 Å². The van der Waals surface area contributed by atoms with Crippen molar-refractivity contribution in [1.82, 2.24) is 5.32 Å². The van der Waals surface area contributed by atoms with Crippen LogP contribution in [0.5, 0.6) is 0 Å². The van der Waals surface area contributed by atoms with Gasteiger partial charge < -0.3 is 10.4 Å². The van der Waals surface area contributed by atoms with Gasteiger partial charge in [-0.15, -0.1) is 11.6 Å². The molecule has 0 aliphatic rings. The Bertz CT molecular complexity index is 153. The van der Waals surface area contributed by atoms with E-state index in [1.165, 1.54) is 0 Å². The number of hydrogen-bond donors (Lipinski definition) is 2. The minimum absolute atomic E-state index is 0.0321. The molecular weight excluding hydrogens is 190 g/mol. The van der Waals surface area contributed by atoms with Crippen LogP contribution in [0.25, 0.3) is 0 Å². The van der Waals surface area contributed by atoms with Gasteiger partial charge in [-0.25, -0.2) is 0 Å². The van der Waals surface area contributed by atoms with Crippen molar-refractivity contribution in [3.8, 4) is 0 Å². The Morgan fingerprint density at radius 2 is 2.23 bits per heavy atom. The van der Waals surface area contributed by atoms with Gasteiger partial charge in [-0.1, -0.05) is 13.8 Å². The number of amides is 1. The predicted molar refractivity (Wildman–Crippen MR) is 53.8 cm³/mol. The van der Waals surface area contributed by atoms with Gasteiger partial charge in [0.1, 0.15) is 0 Å². The number of alkyl halides is 1. The van der Waals surface area contributed by atoms with Crippen LogP contribution in [0.1, 0.15) is 26.7 Å². The maximum Gasteiger partial charge on any atom is 0.224 e. The zero-order chi connectivity index (χ0) is 10.3. The van der Waals surface area contributed by atoms with Gasteiger partial charge >= 0.3 is 0 Å². The summed E-state index contributed by atoms with van der Waals surface area (Å²) in [5.74, 6) is 0.145. The van der Waals surface area contributed by atoms with E-state index in [2.05, 4.69) is 5.32 Å². The molecule has 0 rings (SSSR count). The van der Waals surface area contributed by atoms with Crippen LogP contribution in [0, 0.1) is 5.92 Å². The molecule has 1 amide bonds. The molecule has 0 spiro atoms. The van der Waals surface area contributed by atoms with Gasteiger partial charge in [0.2, 0.25) is 5.91 Å². The minimum atomic E-state index is -0.158. The maximum absolute atomic E-state index is 11.3. The van der Waals surface area contributed by atoms with Crippen LogP contribution in [0.3, 0.4) is 0 Å². The van der Waals surface area contributed by atoms with Gasteiger partial charge in [0.05, 0.1) is 0 Å². The molecule has 0 saturated carbocycles. The molecule has 0 aliphatic heterocycles. The molecule has 2 atom stereocenters. The van der Waals surface area contributed by atoms with Crippen LogP contribution in [-0.2, 0) is 4.79 Å². The fourth-order valence-corrected chi connectivity index (χ4v) is 1.09. The van der Waals surface area contributed by atoms with Crippen molar-refractivity contribution in [2.45, 2.75) is 32.7 Å². The highest BCUT2D eigenvalue weighted by atomic mass is 35.5. The van der Waals surface area contributed by atoms with Crippen molar-refractivity contribution in [2.75, 3.05) is 12.5 Å². The van der Waals surface area contributed by atoms with Gasteiger partial charge in [-0.2, -0.15) is 0 Å². The summed E-state index contributed by atoms with van der Waals surface area (Å²) in [6, 6.07) is 0.0724. The average Bonchev–Trinajstić information content (AvgIpc) is 2.15. The Morgan fingerprint density at radius 1 is 1.62 bits per heavy atom. The predicted octanol–water partition coefficient (Wildman–Crippen LogP) is 1.14. The second-order valence-electron chi connectivity index (χ2n) is 3.18. The molecule has 0 fully saturated rings. The number of halogens is 1. The molecule has 0 aliphatic carbocycles. The fourth-order valence-electron chi connectivity index (χ4n) is 0.948. The summed E-state index contributed by atoms with van der Waals surface area (Å²) in [6.07, 6.45) is 1.44. The van der Waals surface area contributed by atoms with E-state index in [4.69, 9.17) is 16.7 Å². The third kappa shape index (κ3) is 5.11. The van der Waals surface area contributed by atoms with Crippen LogP contribution in [0.4, 0.5) is 0 Å². The van der Waals surface area contributed by atoms with E-state index in [9.17, 15) is 4.79 Å². The van der Waals surface area contributed by atoms with Crippen molar-refractivity contribution in [2.24, 2.45) is 5.92 Å². The molecule has 0 aromatic carbocycles. The smallest absolute Gasteiger partial charge is 0.224 e. The summed E-state index contributed by atoms with van der Waals surface area (Å²) in [5.41, 5.74) is 0. The summed E-state index contributed by atoms with van der Waals surface area (Å²) in [7, 11) is 0. The van der Waals surface area contributed by atoms with Crippen molar-refractivity contribution < 1.29 is 9.90 Å². The van der Waals surface area contributed by atoms with Crippen molar-refractivity contribution >= 4 is 17.5 Å². The first-order valence-electron chi connectivity index (χ1n) is 4.62. The molecule has 0 aromatic rings. The third-order valence-corrected chi connectivity index (χ3v) is 2.46. The molecule has 0 heterocycles. The highest BCUT2D eigenvalue weighted by molar-refractivity contribution is 6.19. The molecule has 0 saturated heterocycles. The molecule has 0 radical (unpaired) electrons. The van der Waals surface area contributed by atoms with E-state index >= 15 is 0 Å². The lowest BCUT2D eigenvalue weighted by Crippen LogP contribution is -2.38. The van der Waals surface area contributed by atoms with Gasteiger partial charge in [0.25, 0.3) is 0 Å². The second-order valence-corrected chi connectivity index (χ2v) is 3.49. The van der Waals surface area contributed by atoms with E-state index in [1.807, 2.05) is 6.92 Å². The molecule has 3 nitrogen and oxygen atoms in total. The summed E-state index contributed by atoms with van der Waals surface area (Å²) >= 11 is 5.54. The van der Waals surface area contributed by atoms with Gasteiger partial charge in [-0.05, 0) is 12.8 Å². The average molecular weight is 208 g/mol.